The molecule has 0 aliphatic heterocycles. The summed E-state index contributed by atoms with van der Waals surface area (Å²) in [5, 5.41) is 20.3. The first kappa shape index (κ1) is 16.6. The molecule has 0 bridgehead atoms. The molecule has 122 valence electrons. The summed E-state index contributed by atoms with van der Waals surface area (Å²) in [4.78, 5) is 24.3. The van der Waals surface area contributed by atoms with Crippen molar-refractivity contribution in [3.63, 3.8) is 0 Å². The van der Waals surface area contributed by atoms with E-state index >= 15 is 0 Å². The van der Waals surface area contributed by atoms with E-state index in [0.717, 1.165) is 0 Å². The molecule has 0 aromatic heterocycles. The number of hydrogen-bond acceptors (Lipinski definition) is 2. The summed E-state index contributed by atoms with van der Waals surface area (Å²) in [6, 6.07) is 11.2. The van der Waals surface area contributed by atoms with Gasteiger partial charge >= 0.3 is 11.9 Å². The maximum atomic E-state index is 12.4. The molecule has 0 amide bonds. The van der Waals surface area contributed by atoms with Gasteiger partial charge in [0.25, 0.3) is 0 Å². The van der Waals surface area contributed by atoms with E-state index in [1.807, 2.05) is 0 Å². The first-order chi connectivity index (χ1) is 11.4. The molecule has 2 aromatic carbocycles. The Morgan fingerprint density at radius 3 is 2.17 bits per heavy atom. The van der Waals surface area contributed by atoms with Gasteiger partial charge in [0.05, 0.1) is 5.92 Å². The lowest BCUT2D eigenvalue weighted by Crippen LogP contribution is -2.48. The van der Waals surface area contributed by atoms with E-state index in [-0.39, 0.29) is 10.6 Å². The van der Waals surface area contributed by atoms with Crippen LogP contribution >= 0.6 is 23.2 Å². The first-order valence-corrected chi connectivity index (χ1v) is 7.84. The number of carbonyl (C=O) groups is 2. The summed E-state index contributed by atoms with van der Waals surface area (Å²) in [6.07, 6.45) is 2.91. The molecular weight excluding hydrogens is 351 g/mol. The second-order valence-corrected chi connectivity index (χ2v) is 6.28. The molecule has 0 fully saturated rings. The van der Waals surface area contributed by atoms with Crippen LogP contribution in [0.15, 0.2) is 48.5 Å². The van der Waals surface area contributed by atoms with Gasteiger partial charge in [-0.15, -0.1) is 0 Å². The van der Waals surface area contributed by atoms with Crippen molar-refractivity contribution in [2.24, 2.45) is 5.92 Å². The van der Waals surface area contributed by atoms with Gasteiger partial charge in [-0.1, -0.05) is 65.7 Å². The Balaban J connectivity index is 2.47. The largest absolute Gasteiger partial charge is 0.481 e. The summed E-state index contributed by atoms with van der Waals surface area (Å²) < 4.78 is 0. The molecule has 24 heavy (non-hydrogen) atoms. The molecule has 0 heterocycles. The predicted molar refractivity (Wildman–Crippen MR) is 91.5 cm³/mol. The van der Waals surface area contributed by atoms with Crippen LogP contribution in [0.4, 0.5) is 0 Å². The molecule has 4 nitrogen and oxygen atoms in total. The van der Waals surface area contributed by atoms with Crippen LogP contribution in [-0.2, 0) is 15.0 Å². The molecule has 3 rings (SSSR count). The number of benzene rings is 2. The highest BCUT2D eigenvalue weighted by molar-refractivity contribution is 6.33. The van der Waals surface area contributed by atoms with Crippen molar-refractivity contribution < 1.29 is 19.8 Å². The van der Waals surface area contributed by atoms with Gasteiger partial charge in [0.1, 0.15) is 5.41 Å². The monoisotopic (exact) mass is 362 g/mol. The predicted octanol–water partition coefficient (Wildman–Crippen LogP) is 4.09. The lowest BCUT2D eigenvalue weighted by atomic mass is 9.62. The van der Waals surface area contributed by atoms with Crippen LogP contribution in [0.1, 0.15) is 16.7 Å². The smallest absolute Gasteiger partial charge is 0.319 e. The second-order valence-electron chi connectivity index (χ2n) is 5.47. The zero-order chi connectivity index (χ0) is 17.5. The van der Waals surface area contributed by atoms with Gasteiger partial charge in [-0.2, -0.15) is 0 Å². The Kier molecular flexibility index (Phi) is 4.11. The van der Waals surface area contributed by atoms with Crippen molar-refractivity contribution in [3.8, 4) is 0 Å². The van der Waals surface area contributed by atoms with Gasteiger partial charge in [-0.25, -0.2) is 0 Å². The number of aliphatic carboxylic acids is 2. The summed E-state index contributed by atoms with van der Waals surface area (Å²) in [7, 11) is 0. The van der Waals surface area contributed by atoms with E-state index in [1.165, 1.54) is 12.1 Å². The van der Waals surface area contributed by atoms with E-state index < -0.39 is 23.3 Å². The molecule has 2 aromatic rings. The fraction of sp³-hybridized carbons (Fsp3) is 0.111. The van der Waals surface area contributed by atoms with Crippen LogP contribution in [0.3, 0.4) is 0 Å². The topological polar surface area (TPSA) is 74.6 Å². The molecule has 2 unspecified atom stereocenters. The number of fused-ring (bicyclic) bond motifs is 1. The molecule has 6 heteroatoms. The van der Waals surface area contributed by atoms with Crippen LogP contribution < -0.4 is 0 Å². The minimum absolute atomic E-state index is 0.187. The number of rotatable bonds is 3. The summed E-state index contributed by atoms with van der Waals surface area (Å²) in [5.74, 6) is -3.86. The maximum absolute atomic E-state index is 12.4. The van der Waals surface area contributed by atoms with Crippen molar-refractivity contribution in [3.05, 3.63) is 75.3 Å². The summed E-state index contributed by atoms with van der Waals surface area (Å²) in [5.41, 5.74) is -0.844. The van der Waals surface area contributed by atoms with Gasteiger partial charge in [-0.3, -0.25) is 9.59 Å². The van der Waals surface area contributed by atoms with Gasteiger partial charge in [0.2, 0.25) is 0 Å². The van der Waals surface area contributed by atoms with Gasteiger partial charge < -0.3 is 10.2 Å². The number of halogens is 2. The Hall–Kier alpha value is -2.30. The Bertz CT molecular complexity index is 875. The molecule has 0 saturated carbocycles. The molecule has 0 saturated heterocycles. The van der Waals surface area contributed by atoms with Crippen molar-refractivity contribution in [1.82, 2.24) is 0 Å². The van der Waals surface area contributed by atoms with Crippen molar-refractivity contribution in [2.75, 3.05) is 0 Å². The Labute approximate surface area is 148 Å². The summed E-state index contributed by atoms with van der Waals surface area (Å²) in [6.45, 7) is 0. The van der Waals surface area contributed by atoms with Crippen LogP contribution in [0.25, 0.3) is 6.08 Å². The van der Waals surface area contributed by atoms with Crippen molar-refractivity contribution >= 4 is 41.2 Å². The number of carboxylic acid groups (broad SMARTS) is 2. The average Bonchev–Trinajstić information content (AvgIpc) is 2.54. The van der Waals surface area contributed by atoms with Crippen LogP contribution in [0.5, 0.6) is 0 Å². The molecule has 1 aliphatic carbocycles. The van der Waals surface area contributed by atoms with E-state index in [0.29, 0.717) is 16.1 Å². The number of hydrogen-bond donors (Lipinski definition) is 2. The summed E-state index contributed by atoms with van der Waals surface area (Å²) >= 11 is 12.5. The first-order valence-electron chi connectivity index (χ1n) is 7.09. The van der Waals surface area contributed by atoms with Gasteiger partial charge in [0, 0.05) is 10.0 Å². The highest BCUT2D eigenvalue weighted by Gasteiger charge is 2.54. The van der Waals surface area contributed by atoms with Crippen molar-refractivity contribution in [1.29, 1.82) is 0 Å². The molecule has 2 atom stereocenters. The second kappa shape index (κ2) is 5.96. The third-order valence-electron chi connectivity index (χ3n) is 4.30. The normalized spacial score (nSPS) is 22.0. The molecule has 0 spiro atoms. The van der Waals surface area contributed by atoms with Crippen molar-refractivity contribution in [2.45, 2.75) is 5.41 Å². The third-order valence-corrected chi connectivity index (χ3v) is 4.96. The van der Waals surface area contributed by atoms with E-state index in [4.69, 9.17) is 23.2 Å². The van der Waals surface area contributed by atoms with Crippen LogP contribution in [-0.4, -0.2) is 22.2 Å². The average molecular weight is 363 g/mol. The Morgan fingerprint density at radius 1 is 0.917 bits per heavy atom. The minimum Gasteiger partial charge on any atom is -0.481 e. The molecular formula is C18H12Cl2O4. The maximum Gasteiger partial charge on any atom is 0.319 e. The fourth-order valence-corrected chi connectivity index (χ4v) is 3.80. The minimum atomic E-state index is -1.86. The fourth-order valence-electron chi connectivity index (χ4n) is 3.28. The lowest BCUT2D eigenvalue weighted by molar-refractivity contribution is -0.152. The van der Waals surface area contributed by atoms with Gasteiger partial charge in [0.15, 0.2) is 0 Å². The van der Waals surface area contributed by atoms with E-state index in [9.17, 15) is 19.8 Å². The molecule has 1 aliphatic rings. The SMILES string of the molecule is O=C(O)C1C=Cc2c(Cl)cccc2C1(C(=O)O)c1ccccc1Cl. The quantitative estimate of drug-likeness (QED) is 0.861. The van der Waals surface area contributed by atoms with Crippen LogP contribution in [0.2, 0.25) is 10.0 Å². The van der Waals surface area contributed by atoms with Crippen LogP contribution in [0, 0.1) is 5.92 Å². The lowest BCUT2D eigenvalue weighted by Gasteiger charge is -2.38. The van der Waals surface area contributed by atoms with Gasteiger partial charge in [-0.05, 0) is 28.8 Å². The third kappa shape index (κ3) is 2.22. The highest BCUT2D eigenvalue weighted by Crippen LogP contribution is 2.49. The standard InChI is InChI=1S/C18H12Cl2O4/c19-14-7-3-5-11-10(14)8-9-13(16(21)22)18(11,17(23)24)12-4-1-2-6-15(12)20/h1-9,13H,(H,21,22)(H,23,24). The van der Waals surface area contributed by atoms with E-state index in [2.05, 4.69) is 0 Å². The molecule has 2 N–H and O–H groups in total. The highest BCUT2D eigenvalue weighted by atomic mass is 35.5. The zero-order valence-electron chi connectivity index (χ0n) is 12.2. The zero-order valence-corrected chi connectivity index (χ0v) is 13.8. The van der Waals surface area contributed by atoms with E-state index in [1.54, 1.807) is 42.5 Å². The molecule has 0 radical (unpaired) electrons. The Morgan fingerprint density at radius 2 is 1.54 bits per heavy atom. The number of carboxylic acids is 2.